The Hall–Kier alpha value is -3.79. The minimum atomic E-state index is -0.493. The van der Waals surface area contributed by atoms with Gasteiger partial charge < -0.3 is 10.6 Å². The molecule has 3 aromatic rings. The fourth-order valence-corrected chi connectivity index (χ4v) is 2.10. The molecule has 0 atom stereocenters. The Labute approximate surface area is 143 Å². The van der Waals surface area contributed by atoms with Crippen molar-refractivity contribution in [1.82, 2.24) is 10.2 Å². The number of anilines is 3. The van der Waals surface area contributed by atoms with Gasteiger partial charge in [0.15, 0.2) is 11.5 Å². The van der Waals surface area contributed by atoms with Crippen LogP contribution >= 0.6 is 0 Å². The maximum absolute atomic E-state index is 13.6. The molecule has 2 aromatic carbocycles. The maximum Gasteiger partial charge on any atom is 0.276 e. The van der Waals surface area contributed by atoms with E-state index in [4.69, 9.17) is 5.26 Å². The van der Waals surface area contributed by atoms with Crippen LogP contribution in [0.4, 0.5) is 21.6 Å². The second-order valence-corrected chi connectivity index (χ2v) is 5.02. The highest BCUT2D eigenvalue weighted by Gasteiger charge is 2.11. The van der Waals surface area contributed by atoms with Crippen LogP contribution in [0.15, 0.2) is 60.7 Å². The highest BCUT2D eigenvalue weighted by molar-refractivity contribution is 6.03. The highest BCUT2D eigenvalue weighted by atomic mass is 19.1. The lowest BCUT2D eigenvalue weighted by Crippen LogP contribution is -2.15. The van der Waals surface area contributed by atoms with Crippen LogP contribution < -0.4 is 10.6 Å². The van der Waals surface area contributed by atoms with E-state index in [0.29, 0.717) is 17.1 Å². The third-order valence-electron chi connectivity index (χ3n) is 3.33. The summed E-state index contributed by atoms with van der Waals surface area (Å²) in [7, 11) is 0. The summed E-state index contributed by atoms with van der Waals surface area (Å²) in [6.07, 6.45) is 0. The minimum Gasteiger partial charge on any atom is -0.336 e. The zero-order valence-corrected chi connectivity index (χ0v) is 12.9. The number of benzene rings is 2. The summed E-state index contributed by atoms with van der Waals surface area (Å²) in [5.74, 6) is -0.606. The first-order valence-electron chi connectivity index (χ1n) is 7.33. The molecule has 1 aromatic heterocycles. The molecular weight excluding hydrogens is 321 g/mol. The Morgan fingerprint density at radius 3 is 2.36 bits per heavy atom. The van der Waals surface area contributed by atoms with Gasteiger partial charge in [0.05, 0.1) is 16.9 Å². The first kappa shape index (κ1) is 16.1. The quantitative estimate of drug-likeness (QED) is 0.763. The predicted molar refractivity (Wildman–Crippen MR) is 90.8 cm³/mol. The van der Waals surface area contributed by atoms with Crippen molar-refractivity contribution in [3.63, 3.8) is 0 Å². The van der Waals surface area contributed by atoms with Gasteiger partial charge in [0, 0.05) is 0 Å². The van der Waals surface area contributed by atoms with E-state index >= 15 is 0 Å². The molecule has 0 aliphatic rings. The number of nitrogens with one attached hydrogen (secondary N) is 2. The van der Waals surface area contributed by atoms with Crippen molar-refractivity contribution < 1.29 is 9.18 Å². The van der Waals surface area contributed by atoms with Crippen LogP contribution in [0.1, 0.15) is 16.1 Å². The Morgan fingerprint density at radius 1 is 0.960 bits per heavy atom. The fourth-order valence-electron chi connectivity index (χ4n) is 2.10. The lowest BCUT2D eigenvalue weighted by atomic mass is 10.2. The number of halogens is 1. The van der Waals surface area contributed by atoms with Crippen LogP contribution in [0.2, 0.25) is 0 Å². The van der Waals surface area contributed by atoms with Gasteiger partial charge in [-0.3, -0.25) is 4.79 Å². The molecule has 0 saturated heterocycles. The van der Waals surface area contributed by atoms with E-state index in [9.17, 15) is 9.18 Å². The molecule has 7 heteroatoms. The summed E-state index contributed by atoms with van der Waals surface area (Å²) in [4.78, 5) is 12.2. The summed E-state index contributed by atoms with van der Waals surface area (Å²) >= 11 is 0. The first-order chi connectivity index (χ1) is 12.2. The molecule has 2 N–H and O–H groups in total. The van der Waals surface area contributed by atoms with Crippen LogP contribution in [-0.2, 0) is 0 Å². The molecule has 122 valence electrons. The summed E-state index contributed by atoms with van der Waals surface area (Å²) in [6.45, 7) is 0. The van der Waals surface area contributed by atoms with E-state index in [-0.39, 0.29) is 11.4 Å². The number of carbonyl (C=O) groups excluding carboxylic acids is 1. The number of hydrogen-bond donors (Lipinski definition) is 2. The number of rotatable bonds is 4. The van der Waals surface area contributed by atoms with E-state index in [0.717, 1.165) is 0 Å². The second-order valence-electron chi connectivity index (χ2n) is 5.02. The van der Waals surface area contributed by atoms with Crippen LogP contribution in [0, 0.1) is 17.1 Å². The standard InChI is InChI=1S/C18H12FN5O/c19-13-6-2-4-8-15(13)21-17-10-9-16(23-24-17)18(25)22-14-7-3-1-5-12(14)11-20/h1-10H,(H,21,24)(H,22,25). The molecule has 0 unspecified atom stereocenters. The van der Waals surface area contributed by atoms with Crippen LogP contribution in [0.3, 0.4) is 0 Å². The molecule has 0 bridgehead atoms. The third-order valence-corrected chi connectivity index (χ3v) is 3.33. The average molecular weight is 333 g/mol. The molecule has 0 aliphatic carbocycles. The summed E-state index contributed by atoms with van der Waals surface area (Å²) < 4.78 is 13.6. The number of para-hydroxylation sites is 2. The predicted octanol–water partition coefficient (Wildman–Crippen LogP) is 3.48. The first-order valence-corrected chi connectivity index (χ1v) is 7.33. The van der Waals surface area contributed by atoms with E-state index in [1.165, 1.54) is 18.2 Å². The monoisotopic (exact) mass is 333 g/mol. The van der Waals surface area contributed by atoms with Crippen molar-refractivity contribution in [1.29, 1.82) is 5.26 Å². The van der Waals surface area contributed by atoms with Gasteiger partial charge in [-0.2, -0.15) is 5.26 Å². The Bertz CT molecular complexity index is 950. The maximum atomic E-state index is 13.6. The molecule has 6 nitrogen and oxygen atoms in total. The summed E-state index contributed by atoms with van der Waals surface area (Å²) in [5.41, 5.74) is 1.08. The van der Waals surface area contributed by atoms with E-state index in [1.807, 2.05) is 6.07 Å². The molecular formula is C18H12FN5O. The molecule has 25 heavy (non-hydrogen) atoms. The number of nitriles is 1. The van der Waals surface area contributed by atoms with Crippen molar-refractivity contribution in [3.05, 3.63) is 77.7 Å². The summed E-state index contributed by atoms with van der Waals surface area (Å²) in [5, 5.41) is 22.1. The van der Waals surface area contributed by atoms with E-state index < -0.39 is 11.7 Å². The van der Waals surface area contributed by atoms with E-state index in [2.05, 4.69) is 20.8 Å². The van der Waals surface area contributed by atoms with Gasteiger partial charge in [0.1, 0.15) is 11.9 Å². The zero-order valence-electron chi connectivity index (χ0n) is 12.9. The van der Waals surface area contributed by atoms with Crippen LogP contribution in [0.25, 0.3) is 0 Å². The smallest absolute Gasteiger partial charge is 0.276 e. The van der Waals surface area contributed by atoms with Gasteiger partial charge in [-0.1, -0.05) is 24.3 Å². The molecule has 3 rings (SSSR count). The number of nitrogens with zero attached hydrogens (tertiary/aromatic N) is 3. The number of carbonyl (C=O) groups is 1. The van der Waals surface area contributed by atoms with Gasteiger partial charge >= 0.3 is 0 Å². The molecule has 1 amide bonds. The van der Waals surface area contributed by atoms with Crippen LogP contribution in [-0.4, -0.2) is 16.1 Å². The number of hydrogen-bond acceptors (Lipinski definition) is 5. The topological polar surface area (TPSA) is 90.7 Å². The molecule has 0 aliphatic heterocycles. The average Bonchev–Trinajstić information content (AvgIpc) is 2.64. The number of amides is 1. The van der Waals surface area contributed by atoms with Crippen molar-refractivity contribution in [2.24, 2.45) is 0 Å². The van der Waals surface area contributed by atoms with Crippen molar-refractivity contribution in [2.75, 3.05) is 10.6 Å². The Balaban J connectivity index is 1.73. The Morgan fingerprint density at radius 2 is 1.68 bits per heavy atom. The lowest BCUT2D eigenvalue weighted by Gasteiger charge is -2.08. The zero-order chi connectivity index (χ0) is 17.6. The molecule has 0 fully saturated rings. The van der Waals surface area contributed by atoms with Crippen molar-refractivity contribution in [2.45, 2.75) is 0 Å². The van der Waals surface area contributed by atoms with Crippen molar-refractivity contribution in [3.8, 4) is 6.07 Å². The second kappa shape index (κ2) is 7.19. The van der Waals surface area contributed by atoms with E-state index in [1.54, 1.807) is 42.5 Å². The molecule has 0 radical (unpaired) electrons. The van der Waals surface area contributed by atoms with Crippen molar-refractivity contribution >= 4 is 23.1 Å². The molecule has 0 spiro atoms. The molecule has 1 heterocycles. The lowest BCUT2D eigenvalue weighted by molar-refractivity contribution is 0.102. The summed E-state index contributed by atoms with van der Waals surface area (Å²) in [6, 6.07) is 17.8. The van der Waals surface area contributed by atoms with Gasteiger partial charge in [0.2, 0.25) is 0 Å². The minimum absolute atomic E-state index is 0.0758. The highest BCUT2D eigenvalue weighted by Crippen LogP contribution is 2.18. The largest absolute Gasteiger partial charge is 0.336 e. The van der Waals surface area contributed by atoms with Gasteiger partial charge in [-0.15, -0.1) is 10.2 Å². The molecule has 0 saturated carbocycles. The SMILES string of the molecule is N#Cc1ccccc1NC(=O)c1ccc(Nc2ccccc2F)nn1. The van der Waals surface area contributed by atoms with Gasteiger partial charge in [0.25, 0.3) is 5.91 Å². The normalized spacial score (nSPS) is 9.92. The van der Waals surface area contributed by atoms with Crippen LogP contribution in [0.5, 0.6) is 0 Å². The van der Waals surface area contributed by atoms with Gasteiger partial charge in [-0.25, -0.2) is 4.39 Å². The number of aromatic nitrogens is 2. The third kappa shape index (κ3) is 3.76. The fraction of sp³-hybridized carbons (Fsp3) is 0. The van der Waals surface area contributed by atoms with Gasteiger partial charge in [-0.05, 0) is 36.4 Å². The Kier molecular flexibility index (Phi) is 4.62.